The predicted molar refractivity (Wildman–Crippen MR) is 98.8 cm³/mol. The number of fused-ring (bicyclic) bond motifs is 1. The fourth-order valence-corrected chi connectivity index (χ4v) is 3.76. The maximum absolute atomic E-state index is 12.6. The molecular formula is C19H15N3O2S. The molecular weight excluding hydrogens is 334 g/mol. The van der Waals surface area contributed by atoms with Crippen LogP contribution >= 0.6 is 0 Å². The lowest BCUT2D eigenvalue weighted by molar-refractivity contribution is 0.598. The molecule has 4 aromatic rings. The quantitative estimate of drug-likeness (QED) is 0.584. The SMILES string of the molecule is O=S(=O)(Nc1ccc(-c2ccncc2)cc1)c1cc2ccccc2[nH]1. The van der Waals surface area contributed by atoms with Crippen molar-refractivity contribution in [2.24, 2.45) is 0 Å². The van der Waals surface area contributed by atoms with Crippen LogP contribution in [0.5, 0.6) is 0 Å². The second-order valence-corrected chi connectivity index (χ2v) is 7.29. The first-order chi connectivity index (χ1) is 12.1. The Morgan fingerprint density at radius 2 is 1.52 bits per heavy atom. The van der Waals surface area contributed by atoms with Crippen LogP contribution in [0, 0.1) is 0 Å². The van der Waals surface area contributed by atoms with Crippen LogP contribution in [-0.2, 0) is 10.0 Å². The molecule has 124 valence electrons. The molecule has 0 aliphatic rings. The zero-order valence-electron chi connectivity index (χ0n) is 13.2. The Kier molecular flexibility index (Phi) is 3.74. The van der Waals surface area contributed by atoms with Crippen LogP contribution < -0.4 is 4.72 Å². The topological polar surface area (TPSA) is 74.8 Å². The van der Waals surface area contributed by atoms with E-state index < -0.39 is 10.0 Å². The predicted octanol–water partition coefficient (Wildman–Crippen LogP) is 4.03. The van der Waals surface area contributed by atoms with Crippen molar-refractivity contribution in [3.8, 4) is 11.1 Å². The lowest BCUT2D eigenvalue weighted by Gasteiger charge is -2.07. The fraction of sp³-hybridized carbons (Fsp3) is 0. The number of hydrogen-bond donors (Lipinski definition) is 2. The number of anilines is 1. The molecule has 4 rings (SSSR count). The van der Waals surface area contributed by atoms with Crippen molar-refractivity contribution in [3.63, 3.8) is 0 Å². The van der Waals surface area contributed by atoms with Crippen LogP contribution in [0.2, 0.25) is 0 Å². The highest BCUT2D eigenvalue weighted by Gasteiger charge is 2.17. The maximum atomic E-state index is 12.6. The van der Waals surface area contributed by atoms with Gasteiger partial charge in [-0.1, -0.05) is 30.3 Å². The smallest absolute Gasteiger partial charge is 0.277 e. The van der Waals surface area contributed by atoms with Crippen molar-refractivity contribution in [3.05, 3.63) is 79.1 Å². The Hall–Kier alpha value is -3.12. The van der Waals surface area contributed by atoms with Gasteiger partial charge in [0.25, 0.3) is 10.0 Å². The van der Waals surface area contributed by atoms with Gasteiger partial charge in [0.15, 0.2) is 5.03 Å². The summed E-state index contributed by atoms with van der Waals surface area (Å²) in [6.07, 6.45) is 3.45. The van der Waals surface area contributed by atoms with Crippen molar-refractivity contribution in [1.82, 2.24) is 9.97 Å². The van der Waals surface area contributed by atoms with Crippen LogP contribution in [0.1, 0.15) is 0 Å². The van der Waals surface area contributed by atoms with Crippen molar-refractivity contribution < 1.29 is 8.42 Å². The first-order valence-corrected chi connectivity index (χ1v) is 9.21. The van der Waals surface area contributed by atoms with Gasteiger partial charge in [0, 0.05) is 29.0 Å². The Labute approximate surface area is 145 Å². The molecule has 0 saturated carbocycles. The number of nitrogens with one attached hydrogen (secondary N) is 2. The number of para-hydroxylation sites is 1. The van der Waals surface area contributed by atoms with E-state index in [9.17, 15) is 8.42 Å². The van der Waals surface area contributed by atoms with E-state index >= 15 is 0 Å². The number of benzene rings is 2. The third-order valence-corrected chi connectivity index (χ3v) is 5.25. The summed E-state index contributed by atoms with van der Waals surface area (Å²) in [5.41, 5.74) is 3.32. The van der Waals surface area contributed by atoms with Crippen molar-refractivity contribution in [2.45, 2.75) is 5.03 Å². The number of rotatable bonds is 4. The van der Waals surface area contributed by atoms with E-state index in [0.29, 0.717) is 5.69 Å². The summed E-state index contributed by atoms with van der Waals surface area (Å²) in [4.78, 5) is 6.93. The van der Waals surface area contributed by atoms with Crippen molar-refractivity contribution in [1.29, 1.82) is 0 Å². The molecule has 0 fully saturated rings. The highest BCUT2D eigenvalue weighted by atomic mass is 32.2. The summed E-state index contributed by atoms with van der Waals surface area (Å²) >= 11 is 0. The Morgan fingerprint density at radius 1 is 0.840 bits per heavy atom. The van der Waals surface area contributed by atoms with Gasteiger partial charge in [-0.25, -0.2) is 0 Å². The van der Waals surface area contributed by atoms with E-state index in [0.717, 1.165) is 22.0 Å². The van der Waals surface area contributed by atoms with Gasteiger partial charge in [0.2, 0.25) is 0 Å². The van der Waals surface area contributed by atoms with E-state index in [1.54, 1.807) is 30.6 Å². The summed E-state index contributed by atoms with van der Waals surface area (Å²) in [5, 5.41) is 1.00. The average Bonchev–Trinajstić information content (AvgIpc) is 3.08. The number of pyridine rings is 1. The van der Waals surface area contributed by atoms with E-state index in [2.05, 4.69) is 14.7 Å². The summed E-state index contributed by atoms with van der Waals surface area (Å²) in [6.45, 7) is 0. The molecule has 0 saturated heterocycles. The molecule has 2 N–H and O–H groups in total. The Balaban J connectivity index is 1.60. The maximum Gasteiger partial charge on any atom is 0.277 e. The average molecular weight is 349 g/mol. The molecule has 0 bridgehead atoms. The Morgan fingerprint density at radius 3 is 2.24 bits per heavy atom. The summed E-state index contributed by atoms with van der Waals surface area (Å²) in [7, 11) is -3.67. The largest absolute Gasteiger partial charge is 0.344 e. The summed E-state index contributed by atoms with van der Waals surface area (Å²) in [5.74, 6) is 0. The summed E-state index contributed by atoms with van der Waals surface area (Å²) in [6, 6.07) is 20.1. The first kappa shape index (κ1) is 15.4. The van der Waals surface area contributed by atoms with Gasteiger partial charge >= 0.3 is 0 Å². The molecule has 2 aromatic carbocycles. The minimum absolute atomic E-state index is 0.145. The molecule has 6 heteroatoms. The molecule has 25 heavy (non-hydrogen) atoms. The first-order valence-electron chi connectivity index (χ1n) is 7.73. The van der Waals surface area contributed by atoms with Gasteiger partial charge < -0.3 is 4.98 Å². The lowest BCUT2D eigenvalue weighted by atomic mass is 10.1. The zero-order valence-corrected chi connectivity index (χ0v) is 14.0. The second-order valence-electron chi connectivity index (χ2n) is 5.64. The molecule has 5 nitrogen and oxygen atoms in total. The van der Waals surface area contributed by atoms with Gasteiger partial charge in [-0.05, 0) is 47.5 Å². The van der Waals surface area contributed by atoms with E-state index in [1.165, 1.54) is 0 Å². The number of aromatic nitrogens is 2. The molecule has 0 atom stereocenters. The number of nitrogens with zero attached hydrogens (tertiary/aromatic N) is 1. The van der Waals surface area contributed by atoms with E-state index in [4.69, 9.17) is 0 Å². The van der Waals surface area contributed by atoms with Crippen molar-refractivity contribution in [2.75, 3.05) is 4.72 Å². The molecule has 2 heterocycles. The third-order valence-electron chi connectivity index (χ3n) is 3.95. The molecule has 0 radical (unpaired) electrons. The van der Waals surface area contributed by atoms with Gasteiger partial charge in [-0.15, -0.1) is 0 Å². The summed E-state index contributed by atoms with van der Waals surface area (Å²) < 4.78 is 27.8. The molecule has 0 spiro atoms. The second kappa shape index (κ2) is 6.07. The van der Waals surface area contributed by atoms with Gasteiger partial charge in [-0.2, -0.15) is 8.42 Å². The van der Waals surface area contributed by atoms with E-state index in [-0.39, 0.29) is 5.03 Å². The molecule has 0 aliphatic carbocycles. The van der Waals surface area contributed by atoms with Crippen LogP contribution in [0.4, 0.5) is 5.69 Å². The van der Waals surface area contributed by atoms with E-state index in [1.807, 2.05) is 48.5 Å². The standard InChI is InChI=1S/C19H15N3O2S/c23-25(24,19-13-16-3-1-2-4-18(16)21-19)22-17-7-5-14(6-8-17)15-9-11-20-12-10-15/h1-13,21-22H. The molecule has 0 amide bonds. The fourth-order valence-electron chi connectivity index (χ4n) is 2.68. The highest BCUT2D eigenvalue weighted by Crippen LogP contribution is 2.23. The lowest BCUT2D eigenvalue weighted by Crippen LogP contribution is -2.13. The van der Waals surface area contributed by atoms with Gasteiger partial charge in [-0.3, -0.25) is 9.71 Å². The Bertz CT molecular complexity index is 1090. The molecule has 2 aromatic heterocycles. The van der Waals surface area contributed by atoms with Crippen LogP contribution in [0.15, 0.2) is 84.1 Å². The van der Waals surface area contributed by atoms with Gasteiger partial charge in [0.1, 0.15) is 0 Å². The highest BCUT2D eigenvalue weighted by molar-refractivity contribution is 7.92. The monoisotopic (exact) mass is 349 g/mol. The minimum atomic E-state index is -3.67. The van der Waals surface area contributed by atoms with Crippen molar-refractivity contribution >= 4 is 26.6 Å². The van der Waals surface area contributed by atoms with Crippen LogP contribution in [0.3, 0.4) is 0 Å². The molecule has 0 aliphatic heterocycles. The third kappa shape index (κ3) is 3.12. The van der Waals surface area contributed by atoms with Crippen LogP contribution in [-0.4, -0.2) is 18.4 Å². The van der Waals surface area contributed by atoms with Crippen LogP contribution in [0.25, 0.3) is 22.0 Å². The minimum Gasteiger partial charge on any atom is -0.344 e. The number of hydrogen-bond acceptors (Lipinski definition) is 3. The normalized spacial score (nSPS) is 11.5. The number of H-pyrrole nitrogens is 1. The van der Waals surface area contributed by atoms with Gasteiger partial charge in [0.05, 0.1) is 0 Å². The number of aromatic amines is 1. The number of sulfonamides is 1. The zero-order chi connectivity index (χ0) is 17.3. The molecule has 0 unspecified atom stereocenters.